The van der Waals surface area contributed by atoms with E-state index in [-0.39, 0.29) is 16.3 Å². The van der Waals surface area contributed by atoms with Crippen LogP contribution in [0.15, 0.2) is 122 Å². The molecule has 8 heteroatoms. The van der Waals surface area contributed by atoms with Gasteiger partial charge < -0.3 is 0 Å². The number of hydrogen-bond acceptors (Lipinski definition) is 2. The monoisotopic (exact) mass is 754 g/mol. The molecule has 1 aliphatic rings. The van der Waals surface area contributed by atoms with E-state index in [1.54, 1.807) is 29.9 Å². The number of hydrogen-bond donors (Lipinski definition) is 0. The molecule has 0 N–H and O–H groups in total. The predicted octanol–water partition coefficient (Wildman–Crippen LogP) is 11.1. The molecule has 2 aromatic heterocycles. The van der Waals surface area contributed by atoms with Crippen LogP contribution in [0, 0.1) is 37.1 Å². The number of aromatic nitrogens is 4. The predicted molar refractivity (Wildman–Crippen MR) is 219 cm³/mol. The Hall–Kier alpha value is -6.80. The van der Waals surface area contributed by atoms with Crippen LogP contribution in [0.3, 0.4) is 0 Å². The number of rotatable bonds is 2. The lowest BCUT2D eigenvalue weighted by Crippen LogP contribution is -2.30. The molecule has 0 fully saturated rings. The minimum atomic E-state index is -1.84. The van der Waals surface area contributed by atoms with Gasteiger partial charge in [-0.25, -0.2) is 27.5 Å². The van der Waals surface area contributed by atoms with Crippen LogP contribution >= 0.6 is 0 Å². The molecule has 0 spiro atoms. The quantitative estimate of drug-likeness (QED) is 0.0579. The number of aryl methyl sites for hydroxylation is 4. The standard InChI is InChI=1S/C25H19N2.C24H15F4N2/c1-15-11-12-18-13-17-9-6-10-19-22(17)23(18)21(15)25-24(19)26-20(14-27(25)2)16-7-4-3-5-8-16;1-12-7-6-10-14-16(12)24-23(18-17(14)19(25)21(27)22(28)20(18)26)29-15(11-30(24)2)13-8-4-3-5-9-13/h3-12,14H,13H2,1-2H3;3-11H,1-2H3/q2*+1. The summed E-state index contributed by atoms with van der Waals surface area (Å²) in [6.45, 7) is 4.04. The van der Waals surface area contributed by atoms with Gasteiger partial charge >= 0.3 is 0 Å². The Bertz CT molecular complexity index is 3350. The maximum atomic E-state index is 15.0. The summed E-state index contributed by atoms with van der Waals surface area (Å²) >= 11 is 0. The van der Waals surface area contributed by atoms with Crippen LogP contribution < -0.4 is 9.13 Å². The van der Waals surface area contributed by atoms with E-state index in [0.717, 1.165) is 34.3 Å². The molecular weight excluding hydrogens is 721 g/mol. The van der Waals surface area contributed by atoms with Gasteiger partial charge in [0, 0.05) is 27.3 Å². The van der Waals surface area contributed by atoms with Crippen molar-refractivity contribution < 1.29 is 26.7 Å². The third-order valence-corrected chi connectivity index (χ3v) is 11.4. The Labute approximate surface area is 324 Å². The van der Waals surface area contributed by atoms with Crippen LogP contribution in [-0.4, -0.2) is 9.97 Å². The average Bonchev–Trinajstić information content (AvgIpc) is 3.62. The van der Waals surface area contributed by atoms with Crippen molar-refractivity contribution in [2.45, 2.75) is 20.3 Å². The number of nitrogens with zero attached hydrogens (tertiary/aromatic N) is 4. The Morgan fingerprint density at radius 1 is 0.439 bits per heavy atom. The molecule has 11 rings (SSSR count). The van der Waals surface area contributed by atoms with Gasteiger partial charge in [-0.15, -0.1) is 0 Å². The molecule has 0 aliphatic heterocycles. The van der Waals surface area contributed by atoms with Gasteiger partial charge in [0.25, 0.3) is 0 Å². The smallest absolute Gasteiger partial charge is 0.234 e. The van der Waals surface area contributed by atoms with Gasteiger partial charge in [0.2, 0.25) is 11.0 Å². The lowest BCUT2D eigenvalue weighted by atomic mass is 9.95. The zero-order valence-electron chi connectivity index (χ0n) is 31.6. The summed E-state index contributed by atoms with van der Waals surface area (Å²) in [5.41, 5.74) is 11.3. The molecule has 57 heavy (non-hydrogen) atoms. The highest BCUT2D eigenvalue weighted by Gasteiger charge is 2.30. The number of halogens is 4. The maximum Gasteiger partial charge on any atom is 0.239 e. The summed E-state index contributed by atoms with van der Waals surface area (Å²) in [6, 6.07) is 36.0. The molecule has 0 atom stereocenters. The fourth-order valence-electron chi connectivity index (χ4n) is 8.91. The van der Waals surface area contributed by atoms with E-state index in [9.17, 15) is 13.2 Å². The van der Waals surface area contributed by atoms with E-state index in [1.807, 2.05) is 49.4 Å². The van der Waals surface area contributed by atoms with Crippen molar-refractivity contribution in [2.75, 3.05) is 0 Å². The van der Waals surface area contributed by atoms with Gasteiger partial charge in [-0.3, -0.25) is 0 Å². The average molecular weight is 755 g/mol. The molecular formula is C49H34F4N4+2. The van der Waals surface area contributed by atoms with Crippen LogP contribution in [0.2, 0.25) is 0 Å². The third kappa shape index (κ3) is 5.13. The summed E-state index contributed by atoms with van der Waals surface area (Å²) in [6.07, 6.45) is 4.97. The minimum Gasteiger partial charge on any atom is -0.234 e. The molecule has 8 aromatic carbocycles. The minimum absolute atomic E-state index is 0.0750. The molecule has 2 heterocycles. The SMILES string of the molecule is Cc1ccc2c3c4c(cccc4c4nc(-c5ccccc5)c[n+](C)c4c13)C2.Cc1cccc2c3c(F)c(F)c(F)c(F)c3c3nc(-c4ccccc4)c[n+](C)c3c12. The summed E-state index contributed by atoms with van der Waals surface area (Å²) in [4.78, 5) is 9.75. The summed E-state index contributed by atoms with van der Waals surface area (Å²) in [7, 11) is 3.91. The van der Waals surface area contributed by atoms with Gasteiger partial charge in [0.1, 0.15) is 36.5 Å². The van der Waals surface area contributed by atoms with Gasteiger partial charge in [-0.1, -0.05) is 109 Å². The van der Waals surface area contributed by atoms with Gasteiger partial charge in [-0.05, 0) is 53.3 Å². The first kappa shape index (κ1) is 34.7. The molecule has 0 saturated carbocycles. The lowest BCUT2D eigenvalue weighted by molar-refractivity contribution is -0.644. The van der Waals surface area contributed by atoms with Crippen LogP contribution in [-0.2, 0) is 20.5 Å². The second-order valence-electron chi connectivity index (χ2n) is 14.9. The van der Waals surface area contributed by atoms with Crippen molar-refractivity contribution in [3.05, 3.63) is 167 Å². The topological polar surface area (TPSA) is 33.5 Å². The zero-order valence-corrected chi connectivity index (χ0v) is 31.6. The van der Waals surface area contributed by atoms with Crippen LogP contribution in [0.5, 0.6) is 0 Å². The van der Waals surface area contributed by atoms with E-state index in [2.05, 4.69) is 84.3 Å². The molecule has 1 aliphatic carbocycles. The first-order valence-electron chi connectivity index (χ1n) is 18.8. The van der Waals surface area contributed by atoms with Crippen molar-refractivity contribution in [3.63, 3.8) is 0 Å². The zero-order chi connectivity index (χ0) is 39.3. The number of fused-ring (bicyclic) bond motifs is 9. The van der Waals surface area contributed by atoms with Crippen LogP contribution in [0.25, 0.3) is 87.7 Å². The Kier molecular flexibility index (Phi) is 7.84. The normalized spacial score (nSPS) is 12.1. The maximum absolute atomic E-state index is 15.0. The van der Waals surface area contributed by atoms with Crippen molar-refractivity contribution in [1.82, 2.24) is 9.97 Å². The van der Waals surface area contributed by atoms with E-state index >= 15 is 4.39 Å². The molecule has 0 amide bonds. The largest absolute Gasteiger partial charge is 0.239 e. The van der Waals surface area contributed by atoms with Gasteiger partial charge in [0.05, 0.1) is 16.2 Å². The summed E-state index contributed by atoms with van der Waals surface area (Å²) < 4.78 is 62.4. The van der Waals surface area contributed by atoms with Crippen molar-refractivity contribution in [3.8, 4) is 22.5 Å². The molecule has 276 valence electrons. The molecule has 4 nitrogen and oxygen atoms in total. The van der Waals surface area contributed by atoms with E-state index in [4.69, 9.17) is 4.98 Å². The Balaban J connectivity index is 0.000000140. The second kappa shape index (κ2) is 12.9. The fourth-order valence-corrected chi connectivity index (χ4v) is 8.91. The highest BCUT2D eigenvalue weighted by molar-refractivity contribution is 6.26. The Morgan fingerprint density at radius 3 is 1.61 bits per heavy atom. The van der Waals surface area contributed by atoms with Gasteiger partial charge in [-0.2, -0.15) is 9.13 Å². The summed E-state index contributed by atoms with van der Waals surface area (Å²) in [5.74, 6) is -6.54. The Morgan fingerprint density at radius 2 is 0.965 bits per heavy atom. The van der Waals surface area contributed by atoms with E-state index < -0.39 is 23.3 Å². The molecule has 0 bridgehead atoms. The van der Waals surface area contributed by atoms with E-state index in [1.165, 1.54) is 43.8 Å². The van der Waals surface area contributed by atoms with E-state index in [0.29, 0.717) is 22.0 Å². The number of benzene rings is 8. The molecule has 0 unspecified atom stereocenters. The van der Waals surface area contributed by atoms with Crippen LogP contribution in [0.4, 0.5) is 17.6 Å². The van der Waals surface area contributed by atoms with Gasteiger partial charge in [0.15, 0.2) is 35.7 Å². The van der Waals surface area contributed by atoms with Crippen LogP contribution in [0.1, 0.15) is 22.3 Å². The summed E-state index contributed by atoms with van der Waals surface area (Å²) in [5, 5.41) is 5.69. The van der Waals surface area contributed by atoms with Crippen molar-refractivity contribution in [2.24, 2.45) is 14.1 Å². The van der Waals surface area contributed by atoms with Crippen molar-refractivity contribution >= 4 is 65.2 Å². The lowest BCUT2D eigenvalue weighted by Gasteiger charge is -2.13. The first-order valence-corrected chi connectivity index (χ1v) is 18.8. The first-order chi connectivity index (χ1) is 27.6. The fraction of sp³-hybridized carbons (Fsp3) is 0.102. The van der Waals surface area contributed by atoms with Crippen molar-refractivity contribution in [1.29, 1.82) is 0 Å². The highest BCUT2D eigenvalue weighted by atomic mass is 19.2. The highest BCUT2D eigenvalue weighted by Crippen LogP contribution is 2.44. The third-order valence-electron chi connectivity index (χ3n) is 11.4. The molecule has 10 aromatic rings. The second-order valence-corrected chi connectivity index (χ2v) is 14.9. The molecule has 0 radical (unpaired) electrons. The molecule has 0 saturated heterocycles.